The zero-order chi connectivity index (χ0) is 12.0. The van der Waals surface area contributed by atoms with Gasteiger partial charge in [-0.25, -0.2) is 0 Å². The van der Waals surface area contributed by atoms with E-state index < -0.39 is 28.5 Å². The van der Waals surface area contributed by atoms with E-state index in [1.807, 2.05) is 0 Å². The van der Waals surface area contributed by atoms with Gasteiger partial charge in [0.25, 0.3) is 3.79 Å². The van der Waals surface area contributed by atoms with E-state index in [9.17, 15) is 26.3 Å². The summed E-state index contributed by atoms with van der Waals surface area (Å²) in [5.41, 5.74) is 0. The molecule has 0 rings (SSSR count). The van der Waals surface area contributed by atoms with Gasteiger partial charge in [0.05, 0.1) is 0 Å². The first-order valence-electron chi connectivity index (χ1n) is 2.95. The van der Waals surface area contributed by atoms with Gasteiger partial charge < -0.3 is 0 Å². The van der Waals surface area contributed by atoms with Crippen molar-refractivity contribution in [3.05, 3.63) is 0 Å². The van der Waals surface area contributed by atoms with Gasteiger partial charge in [-0.2, -0.15) is 26.3 Å². The Morgan fingerprint density at radius 1 is 0.714 bits per heavy atom. The van der Waals surface area contributed by atoms with Crippen molar-refractivity contribution >= 4 is 34.8 Å². The van der Waals surface area contributed by atoms with E-state index in [4.69, 9.17) is 0 Å². The molecule has 0 radical (unpaired) electrons. The Morgan fingerprint density at radius 3 is 1.07 bits per heavy atom. The minimum atomic E-state index is -5.74. The van der Waals surface area contributed by atoms with Crippen LogP contribution >= 0.6 is 34.8 Å². The lowest BCUT2D eigenvalue weighted by molar-refractivity contribution is -0.300. The van der Waals surface area contributed by atoms with Crippen LogP contribution in [0.3, 0.4) is 0 Å². The number of hydrogen-bond acceptors (Lipinski definition) is 0. The van der Waals surface area contributed by atoms with Crippen molar-refractivity contribution in [1.29, 1.82) is 0 Å². The molecule has 0 saturated carbocycles. The quantitative estimate of drug-likeness (QED) is 0.524. The summed E-state index contributed by atoms with van der Waals surface area (Å²) in [4.78, 5) is 0. The summed E-state index contributed by atoms with van der Waals surface area (Å²) < 4.78 is 70.5. The fraction of sp³-hybridized carbons (Fsp3) is 1.00. The highest BCUT2D eigenvalue weighted by molar-refractivity contribution is 6.68. The standard InChI is InChI=1S/C5H3Cl3F6/c1-2(9,10)3(11,12)4(13,14)5(6,7)8/h1H3. The van der Waals surface area contributed by atoms with Crippen LogP contribution in [-0.4, -0.2) is 21.6 Å². The summed E-state index contributed by atoms with van der Waals surface area (Å²) >= 11 is 13.4. The average Bonchev–Trinajstić information content (AvgIpc) is 1.81. The van der Waals surface area contributed by atoms with Gasteiger partial charge in [-0.05, 0) is 0 Å². The van der Waals surface area contributed by atoms with E-state index >= 15 is 0 Å². The highest BCUT2D eigenvalue weighted by atomic mass is 35.6. The van der Waals surface area contributed by atoms with Crippen molar-refractivity contribution in [1.82, 2.24) is 0 Å². The van der Waals surface area contributed by atoms with Crippen LogP contribution in [0.25, 0.3) is 0 Å². The normalized spacial score (nSPS) is 15.9. The Balaban J connectivity index is 5.30. The minimum absolute atomic E-state index is 0.392. The first-order valence-corrected chi connectivity index (χ1v) is 4.08. The molecule has 0 heterocycles. The van der Waals surface area contributed by atoms with Crippen LogP contribution in [0.15, 0.2) is 0 Å². The molecule has 0 amide bonds. The van der Waals surface area contributed by atoms with Gasteiger partial charge in [-0.1, -0.05) is 34.8 Å². The molecule has 0 aliphatic heterocycles. The summed E-state index contributed by atoms with van der Waals surface area (Å²) in [6.45, 7) is -0.392. The number of hydrogen-bond donors (Lipinski definition) is 0. The SMILES string of the molecule is CC(F)(F)C(F)(F)C(F)(F)C(Cl)(Cl)Cl. The van der Waals surface area contributed by atoms with Crippen molar-refractivity contribution < 1.29 is 26.3 Å². The largest absolute Gasteiger partial charge is 0.376 e. The zero-order valence-corrected chi connectivity index (χ0v) is 8.67. The molecule has 0 bridgehead atoms. The Kier molecular flexibility index (Phi) is 3.60. The Bertz CT molecular complexity index is 190. The molecule has 0 aromatic rings. The van der Waals surface area contributed by atoms with Crippen LogP contribution in [0, 0.1) is 0 Å². The molecule has 0 aliphatic carbocycles. The first kappa shape index (κ1) is 14.5. The predicted octanol–water partition coefficient (Wildman–Crippen LogP) is 4.28. The summed E-state index contributed by atoms with van der Waals surface area (Å²) in [6, 6.07) is 0. The summed E-state index contributed by atoms with van der Waals surface area (Å²) in [7, 11) is 0. The third kappa shape index (κ3) is 2.17. The molecule has 0 saturated heterocycles. The maximum Gasteiger partial charge on any atom is 0.376 e. The maximum atomic E-state index is 12.6. The van der Waals surface area contributed by atoms with Crippen LogP contribution in [0.5, 0.6) is 0 Å². The second-order valence-corrected chi connectivity index (χ2v) is 4.82. The number of rotatable bonds is 2. The highest BCUT2D eigenvalue weighted by Crippen LogP contribution is 2.55. The van der Waals surface area contributed by atoms with Gasteiger partial charge in [0.15, 0.2) is 0 Å². The summed E-state index contributed by atoms with van der Waals surface area (Å²) in [5, 5.41) is 0. The molecule has 0 N–H and O–H groups in total. The highest BCUT2D eigenvalue weighted by Gasteiger charge is 2.76. The molecular weight excluding hydrogens is 280 g/mol. The second-order valence-electron chi connectivity index (χ2n) is 2.53. The fourth-order valence-electron chi connectivity index (χ4n) is 0.454. The van der Waals surface area contributed by atoms with Crippen molar-refractivity contribution in [3.63, 3.8) is 0 Å². The van der Waals surface area contributed by atoms with Gasteiger partial charge in [-0.3, -0.25) is 0 Å². The molecule has 0 nitrogen and oxygen atoms in total. The molecule has 9 heteroatoms. The molecule has 0 aromatic heterocycles. The lowest BCUT2D eigenvalue weighted by atomic mass is 10.1. The van der Waals surface area contributed by atoms with Gasteiger partial charge in [0, 0.05) is 6.92 Å². The summed E-state index contributed by atoms with van der Waals surface area (Å²) in [5.74, 6) is -16.2. The van der Waals surface area contributed by atoms with Crippen LogP contribution in [-0.2, 0) is 0 Å². The fourth-order valence-corrected chi connectivity index (χ4v) is 0.810. The van der Waals surface area contributed by atoms with E-state index in [0.29, 0.717) is 0 Å². The molecule has 0 aliphatic rings. The smallest absolute Gasteiger partial charge is 0.200 e. The Morgan fingerprint density at radius 2 is 1.00 bits per heavy atom. The molecule has 0 aromatic carbocycles. The van der Waals surface area contributed by atoms with Crippen molar-refractivity contribution in [3.8, 4) is 0 Å². The Labute approximate surface area is 90.1 Å². The van der Waals surface area contributed by atoms with Gasteiger partial charge in [0.2, 0.25) is 0 Å². The van der Waals surface area contributed by atoms with Crippen LogP contribution < -0.4 is 0 Å². The molecule has 0 fully saturated rings. The van der Waals surface area contributed by atoms with E-state index in [1.54, 1.807) is 0 Å². The Hall–Kier alpha value is 0.450. The van der Waals surface area contributed by atoms with Gasteiger partial charge in [-0.15, -0.1) is 0 Å². The van der Waals surface area contributed by atoms with Crippen LogP contribution in [0.1, 0.15) is 6.92 Å². The molecular formula is C5H3Cl3F6. The molecule has 0 spiro atoms. The van der Waals surface area contributed by atoms with E-state index in [1.165, 1.54) is 0 Å². The number of halogens is 9. The maximum absolute atomic E-state index is 12.6. The number of alkyl halides is 9. The van der Waals surface area contributed by atoms with Crippen molar-refractivity contribution in [2.75, 3.05) is 0 Å². The lowest BCUT2D eigenvalue weighted by Crippen LogP contribution is -2.58. The van der Waals surface area contributed by atoms with Crippen molar-refractivity contribution in [2.45, 2.75) is 28.5 Å². The topological polar surface area (TPSA) is 0 Å². The predicted molar refractivity (Wildman–Crippen MR) is 40.8 cm³/mol. The third-order valence-electron chi connectivity index (χ3n) is 1.30. The molecule has 0 unspecified atom stereocenters. The van der Waals surface area contributed by atoms with Crippen LogP contribution in [0.2, 0.25) is 0 Å². The first-order chi connectivity index (χ1) is 5.75. The molecule has 14 heavy (non-hydrogen) atoms. The van der Waals surface area contributed by atoms with E-state index in [2.05, 4.69) is 34.8 Å². The van der Waals surface area contributed by atoms with E-state index in [0.717, 1.165) is 0 Å². The van der Waals surface area contributed by atoms with Crippen molar-refractivity contribution in [2.24, 2.45) is 0 Å². The molecule has 0 atom stereocenters. The summed E-state index contributed by atoms with van der Waals surface area (Å²) in [6.07, 6.45) is 0. The second kappa shape index (κ2) is 3.49. The third-order valence-corrected chi connectivity index (χ3v) is 2.01. The van der Waals surface area contributed by atoms with E-state index in [-0.39, 0.29) is 0 Å². The van der Waals surface area contributed by atoms with Crippen LogP contribution in [0.4, 0.5) is 26.3 Å². The lowest BCUT2D eigenvalue weighted by Gasteiger charge is -2.34. The minimum Gasteiger partial charge on any atom is -0.200 e. The zero-order valence-electron chi connectivity index (χ0n) is 6.40. The van der Waals surface area contributed by atoms with Gasteiger partial charge in [0.1, 0.15) is 0 Å². The monoisotopic (exact) mass is 282 g/mol. The van der Waals surface area contributed by atoms with Gasteiger partial charge >= 0.3 is 17.8 Å². The average molecular weight is 283 g/mol. The molecule has 86 valence electrons.